The van der Waals surface area contributed by atoms with Crippen molar-refractivity contribution >= 4 is 23.4 Å². The molecule has 3 rings (SSSR count). The largest absolute Gasteiger partial charge is 0.494 e. The summed E-state index contributed by atoms with van der Waals surface area (Å²) in [7, 11) is 5.96. The van der Waals surface area contributed by atoms with Gasteiger partial charge in [-0.05, 0) is 50.3 Å². The first-order valence-electron chi connectivity index (χ1n) is 8.47. The third-order valence-electron chi connectivity index (χ3n) is 4.23. The van der Waals surface area contributed by atoms with Gasteiger partial charge in [0.25, 0.3) is 0 Å². The average molecular weight is 356 g/mol. The number of anilines is 1. The number of thioether (sulfide) groups is 1. The predicted molar refractivity (Wildman–Crippen MR) is 104 cm³/mol. The Hall–Kier alpha value is -1.98. The maximum atomic E-state index is 12.7. The van der Waals surface area contributed by atoms with Gasteiger partial charge in [-0.15, -0.1) is 11.8 Å². The van der Waals surface area contributed by atoms with Crippen molar-refractivity contribution in [1.82, 2.24) is 4.90 Å². The van der Waals surface area contributed by atoms with E-state index >= 15 is 0 Å². The second-order valence-electron chi connectivity index (χ2n) is 6.44. The minimum atomic E-state index is -0.206. The van der Waals surface area contributed by atoms with E-state index in [1.165, 1.54) is 0 Å². The van der Waals surface area contributed by atoms with Crippen molar-refractivity contribution in [2.45, 2.75) is 16.6 Å². The monoisotopic (exact) mass is 356 g/mol. The van der Waals surface area contributed by atoms with E-state index < -0.39 is 0 Å². The number of rotatable bonds is 6. The Morgan fingerprint density at radius 3 is 2.56 bits per heavy atom. The predicted octanol–water partition coefficient (Wildman–Crippen LogP) is 3.83. The molecule has 0 bridgehead atoms. The van der Waals surface area contributed by atoms with Crippen molar-refractivity contribution in [3.8, 4) is 5.75 Å². The summed E-state index contributed by atoms with van der Waals surface area (Å²) in [6.07, 6.45) is 0.993. The molecule has 2 aromatic rings. The van der Waals surface area contributed by atoms with Crippen LogP contribution in [-0.2, 0) is 4.79 Å². The van der Waals surface area contributed by atoms with Gasteiger partial charge in [-0.2, -0.15) is 0 Å². The number of hydrogen-bond acceptors (Lipinski definition) is 4. The molecule has 1 unspecified atom stereocenters. The molecule has 0 fully saturated rings. The Morgan fingerprint density at radius 2 is 1.84 bits per heavy atom. The third kappa shape index (κ3) is 4.17. The molecule has 1 aliphatic rings. The molecule has 1 aliphatic heterocycles. The molecule has 0 saturated heterocycles. The van der Waals surface area contributed by atoms with Crippen LogP contribution in [0, 0.1) is 0 Å². The van der Waals surface area contributed by atoms with E-state index in [1.54, 1.807) is 16.7 Å². The summed E-state index contributed by atoms with van der Waals surface area (Å²) < 4.78 is 5.77. The van der Waals surface area contributed by atoms with Crippen LogP contribution in [-0.4, -0.2) is 45.1 Å². The van der Waals surface area contributed by atoms with E-state index in [0.29, 0.717) is 6.61 Å². The Morgan fingerprint density at radius 1 is 1.12 bits per heavy atom. The first kappa shape index (κ1) is 17.8. The van der Waals surface area contributed by atoms with Gasteiger partial charge in [0, 0.05) is 18.5 Å². The molecule has 1 amide bonds. The molecular weight excluding hydrogens is 332 g/mol. The quantitative estimate of drug-likeness (QED) is 0.737. The summed E-state index contributed by atoms with van der Waals surface area (Å²) >= 11 is 1.61. The van der Waals surface area contributed by atoms with Crippen LogP contribution in [0.1, 0.15) is 17.2 Å². The van der Waals surface area contributed by atoms with E-state index in [2.05, 4.69) is 25.1 Å². The molecule has 25 heavy (non-hydrogen) atoms. The van der Waals surface area contributed by atoms with Crippen LogP contribution in [0.25, 0.3) is 0 Å². The van der Waals surface area contributed by atoms with Gasteiger partial charge in [0.2, 0.25) is 5.91 Å². The zero-order chi connectivity index (χ0) is 17.8. The number of nitrogens with zero attached hydrogens (tertiary/aromatic N) is 2. The number of para-hydroxylation sites is 1. The van der Waals surface area contributed by atoms with Crippen molar-refractivity contribution < 1.29 is 9.53 Å². The highest BCUT2D eigenvalue weighted by atomic mass is 32.2. The van der Waals surface area contributed by atoms with E-state index in [1.807, 2.05) is 49.5 Å². The fourth-order valence-electron chi connectivity index (χ4n) is 2.83. The highest BCUT2D eigenvalue weighted by Gasteiger charge is 2.32. The van der Waals surface area contributed by atoms with Crippen LogP contribution in [0.3, 0.4) is 0 Å². The van der Waals surface area contributed by atoms with Crippen LogP contribution in [0.2, 0.25) is 0 Å². The van der Waals surface area contributed by atoms with Crippen molar-refractivity contribution in [2.24, 2.45) is 0 Å². The molecule has 0 radical (unpaired) electrons. The highest BCUT2D eigenvalue weighted by Crippen LogP contribution is 2.45. The molecule has 0 spiro atoms. The summed E-state index contributed by atoms with van der Waals surface area (Å²) in [4.78, 5) is 17.8. The van der Waals surface area contributed by atoms with E-state index in [9.17, 15) is 4.79 Å². The Kier molecular flexibility index (Phi) is 5.66. The standard InChI is InChI=1S/C20H24N2O2S/c1-21(2)13-6-14-24-16-11-9-15(10-12-16)19-20(23)22(3)17-7-4-5-8-18(17)25-19/h4-5,7-12,19H,6,13-14H2,1-3H3. The Balaban J connectivity index is 1.67. The summed E-state index contributed by atoms with van der Waals surface area (Å²) in [5.41, 5.74) is 1.99. The number of benzene rings is 2. The molecule has 132 valence electrons. The number of likely N-dealkylation sites (N-methyl/N-ethyl adjacent to an activating group) is 1. The fourth-order valence-corrected chi connectivity index (χ4v) is 4.12. The zero-order valence-electron chi connectivity index (χ0n) is 14.9. The molecule has 0 aromatic heterocycles. The lowest BCUT2D eigenvalue weighted by molar-refractivity contribution is -0.118. The number of carbonyl (C=O) groups is 1. The van der Waals surface area contributed by atoms with Crippen LogP contribution in [0.15, 0.2) is 53.4 Å². The van der Waals surface area contributed by atoms with Crippen molar-refractivity contribution in [1.29, 1.82) is 0 Å². The lowest BCUT2D eigenvalue weighted by Gasteiger charge is -2.31. The maximum Gasteiger partial charge on any atom is 0.244 e. The van der Waals surface area contributed by atoms with Gasteiger partial charge >= 0.3 is 0 Å². The smallest absolute Gasteiger partial charge is 0.244 e. The minimum Gasteiger partial charge on any atom is -0.494 e. The highest BCUT2D eigenvalue weighted by molar-refractivity contribution is 8.00. The SMILES string of the molecule is CN(C)CCCOc1ccc(C2Sc3ccccc3N(C)C2=O)cc1. The third-order valence-corrected chi connectivity index (χ3v) is 5.54. The summed E-state index contributed by atoms with van der Waals surface area (Å²) in [6, 6.07) is 15.9. The van der Waals surface area contributed by atoms with Gasteiger partial charge in [-0.3, -0.25) is 4.79 Å². The van der Waals surface area contributed by atoms with Gasteiger partial charge in [0.15, 0.2) is 0 Å². The molecule has 1 atom stereocenters. The number of amides is 1. The van der Waals surface area contributed by atoms with Crippen molar-refractivity contribution in [3.63, 3.8) is 0 Å². The summed E-state index contributed by atoms with van der Waals surface area (Å²) in [5, 5.41) is -0.206. The topological polar surface area (TPSA) is 32.8 Å². The molecule has 0 N–H and O–H groups in total. The van der Waals surface area contributed by atoms with Gasteiger partial charge in [-0.25, -0.2) is 0 Å². The lowest BCUT2D eigenvalue weighted by atomic mass is 10.1. The van der Waals surface area contributed by atoms with Gasteiger partial charge in [0.05, 0.1) is 12.3 Å². The Bertz CT molecular complexity index is 731. The van der Waals surface area contributed by atoms with Crippen LogP contribution in [0.5, 0.6) is 5.75 Å². The molecule has 5 heteroatoms. The summed E-state index contributed by atoms with van der Waals surface area (Å²) in [5.74, 6) is 0.966. The van der Waals surface area contributed by atoms with Gasteiger partial charge < -0.3 is 14.5 Å². The molecule has 0 saturated carbocycles. The van der Waals surface area contributed by atoms with E-state index in [4.69, 9.17) is 4.74 Å². The van der Waals surface area contributed by atoms with E-state index in [-0.39, 0.29) is 11.2 Å². The van der Waals surface area contributed by atoms with Crippen molar-refractivity contribution in [3.05, 3.63) is 54.1 Å². The van der Waals surface area contributed by atoms with Gasteiger partial charge in [0.1, 0.15) is 11.0 Å². The van der Waals surface area contributed by atoms with Crippen LogP contribution >= 0.6 is 11.8 Å². The van der Waals surface area contributed by atoms with Crippen LogP contribution < -0.4 is 9.64 Å². The van der Waals surface area contributed by atoms with Crippen molar-refractivity contribution in [2.75, 3.05) is 39.2 Å². The average Bonchev–Trinajstić information content (AvgIpc) is 2.62. The first-order chi connectivity index (χ1) is 12.1. The molecule has 4 nitrogen and oxygen atoms in total. The van der Waals surface area contributed by atoms with Gasteiger partial charge in [-0.1, -0.05) is 24.3 Å². The number of carbonyl (C=O) groups excluding carboxylic acids is 1. The number of ether oxygens (including phenoxy) is 1. The molecule has 0 aliphatic carbocycles. The normalized spacial score (nSPS) is 16.9. The lowest BCUT2D eigenvalue weighted by Crippen LogP contribution is -2.33. The molecule has 1 heterocycles. The second-order valence-corrected chi connectivity index (χ2v) is 7.58. The maximum absolute atomic E-state index is 12.7. The summed E-state index contributed by atoms with van der Waals surface area (Å²) in [6.45, 7) is 1.71. The Labute approximate surface area is 153 Å². The number of fused-ring (bicyclic) bond motifs is 1. The minimum absolute atomic E-state index is 0.114. The fraction of sp³-hybridized carbons (Fsp3) is 0.350. The van der Waals surface area contributed by atoms with E-state index in [0.717, 1.165) is 34.9 Å². The molecular formula is C20H24N2O2S. The molecule has 2 aromatic carbocycles. The van der Waals surface area contributed by atoms with Crippen LogP contribution in [0.4, 0.5) is 5.69 Å². The second kappa shape index (κ2) is 7.93. The number of hydrogen-bond donors (Lipinski definition) is 0. The first-order valence-corrected chi connectivity index (χ1v) is 9.35. The zero-order valence-corrected chi connectivity index (χ0v) is 15.8.